The number of nitrogens with one attached hydrogen (secondary N) is 2. The minimum atomic E-state index is -0.259. The first-order valence-corrected chi connectivity index (χ1v) is 7.14. The van der Waals surface area contributed by atoms with Gasteiger partial charge in [0.25, 0.3) is 0 Å². The molecule has 1 rings (SSSR count). The van der Waals surface area contributed by atoms with E-state index in [1.54, 1.807) is 7.11 Å². The molecule has 0 bridgehead atoms. The highest BCUT2D eigenvalue weighted by Crippen LogP contribution is 2.25. The summed E-state index contributed by atoms with van der Waals surface area (Å²) in [5.41, 5.74) is -0.221. The zero-order valence-electron chi connectivity index (χ0n) is 13.5. The second-order valence-electron chi connectivity index (χ2n) is 5.91. The third kappa shape index (κ3) is 6.49. The van der Waals surface area contributed by atoms with E-state index in [1.807, 2.05) is 52.0 Å². The van der Waals surface area contributed by atoms with Crippen molar-refractivity contribution in [3.05, 3.63) is 24.3 Å². The molecule has 0 aliphatic rings. The van der Waals surface area contributed by atoms with Crippen LogP contribution in [0.3, 0.4) is 0 Å². The van der Waals surface area contributed by atoms with Crippen LogP contribution in [0.1, 0.15) is 27.7 Å². The minimum Gasteiger partial charge on any atom is -0.493 e. The number of carbonyl (C=O) groups is 1. The standard InChI is InChI=1S/C16H26N2O3/c1-12(15(19)18-16(2,3)4)17-10-11-21-14-9-7-6-8-13(14)20-5/h6-9,12,17H,10-11H2,1-5H3,(H,18,19). The van der Waals surface area contributed by atoms with Crippen molar-refractivity contribution in [3.8, 4) is 11.5 Å². The summed E-state index contributed by atoms with van der Waals surface area (Å²) in [4.78, 5) is 11.9. The lowest BCUT2D eigenvalue weighted by Gasteiger charge is -2.23. The molecule has 1 aromatic carbocycles. The molecule has 118 valence electrons. The molecule has 0 heterocycles. The average molecular weight is 294 g/mol. The van der Waals surface area contributed by atoms with Crippen molar-refractivity contribution in [1.82, 2.24) is 10.6 Å². The first kappa shape index (κ1) is 17.3. The van der Waals surface area contributed by atoms with Crippen molar-refractivity contribution in [2.24, 2.45) is 0 Å². The number of para-hydroxylation sites is 2. The molecule has 0 saturated heterocycles. The van der Waals surface area contributed by atoms with Crippen molar-refractivity contribution in [1.29, 1.82) is 0 Å². The second-order valence-corrected chi connectivity index (χ2v) is 5.91. The highest BCUT2D eigenvalue weighted by atomic mass is 16.5. The summed E-state index contributed by atoms with van der Waals surface area (Å²) in [6.45, 7) is 8.77. The van der Waals surface area contributed by atoms with Gasteiger partial charge in [-0.3, -0.25) is 4.79 Å². The Bertz CT molecular complexity index is 455. The van der Waals surface area contributed by atoms with E-state index >= 15 is 0 Å². The van der Waals surface area contributed by atoms with Gasteiger partial charge < -0.3 is 20.1 Å². The van der Waals surface area contributed by atoms with Gasteiger partial charge in [0.2, 0.25) is 5.91 Å². The van der Waals surface area contributed by atoms with Gasteiger partial charge in [0.15, 0.2) is 11.5 Å². The molecule has 1 aromatic rings. The SMILES string of the molecule is COc1ccccc1OCCNC(C)C(=O)NC(C)(C)C. The summed E-state index contributed by atoms with van der Waals surface area (Å²) in [5.74, 6) is 1.39. The van der Waals surface area contributed by atoms with E-state index in [-0.39, 0.29) is 17.5 Å². The number of carbonyl (C=O) groups excluding carboxylic acids is 1. The smallest absolute Gasteiger partial charge is 0.237 e. The lowest BCUT2D eigenvalue weighted by Crippen LogP contribution is -2.50. The first-order valence-electron chi connectivity index (χ1n) is 7.14. The summed E-state index contributed by atoms with van der Waals surface area (Å²) in [6.07, 6.45) is 0. The maximum atomic E-state index is 11.9. The fourth-order valence-electron chi connectivity index (χ4n) is 1.75. The molecular weight excluding hydrogens is 268 g/mol. The summed E-state index contributed by atoms with van der Waals surface area (Å²) in [5, 5.41) is 6.07. The third-order valence-electron chi connectivity index (χ3n) is 2.77. The Balaban J connectivity index is 2.32. The summed E-state index contributed by atoms with van der Waals surface area (Å²) in [7, 11) is 1.61. The first-order chi connectivity index (χ1) is 9.83. The molecule has 21 heavy (non-hydrogen) atoms. The monoisotopic (exact) mass is 294 g/mol. The van der Waals surface area contributed by atoms with Crippen LogP contribution in [0.15, 0.2) is 24.3 Å². The average Bonchev–Trinajstić information content (AvgIpc) is 2.41. The van der Waals surface area contributed by atoms with Crippen LogP contribution in [0.5, 0.6) is 11.5 Å². The van der Waals surface area contributed by atoms with Crippen LogP contribution in [0.25, 0.3) is 0 Å². The summed E-state index contributed by atoms with van der Waals surface area (Å²) < 4.78 is 10.8. The van der Waals surface area contributed by atoms with Crippen LogP contribution >= 0.6 is 0 Å². The van der Waals surface area contributed by atoms with Gasteiger partial charge in [0, 0.05) is 12.1 Å². The molecule has 1 atom stereocenters. The number of methoxy groups -OCH3 is 1. The van der Waals surface area contributed by atoms with Crippen LogP contribution in [-0.4, -0.2) is 37.7 Å². The lowest BCUT2D eigenvalue weighted by atomic mass is 10.1. The van der Waals surface area contributed by atoms with E-state index in [0.717, 1.165) is 0 Å². The predicted octanol–water partition coefficient (Wildman–Crippen LogP) is 1.97. The summed E-state index contributed by atoms with van der Waals surface area (Å²) >= 11 is 0. The molecule has 0 saturated carbocycles. The molecule has 0 aliphatic heterocycles. The number of hydrogen-bond acceptors (Lipinski definition) is 4. The molecule has 1 amide bonds. The molecule has 0 aromatic heterocycles. The third-order valence-corrected chi connectivity index (χ3v) is 2.77. The Morgan fingerprint density at radius 2 is 1.86 bits per heavy atom. The molecule has 0 fully saturated rings. The van der Waals surface area contributed by atoms with Crippen LogP contribution < -0.4 is 20.1 Å². The van der Waals surface area contributed by atoms with E-state index in [9.17, 15) is 4.79 Å². The van der Waals surface area contributed by atoms with Crippen molar-refractivity contribution in [2.75, 3.05) is 20.3 Å². The predicted molar refractivity (Wildman–Crippen MR) is 83.8 cm³/mol. The highest BCUT2D eigenvalue weighted by molar-refractivity contribution is 5.81. The molecule has 5 nitrogen and oxygen atoms in total. The Labute approximate surface area is 127 Å². The van der Waals surface area contributed by atoms with Crippen LogP contribution in [0, 0.1) is 0 Å². The Morgan fingerprint density at radius 1 is 1.24 bits per heavy atom. The van der Waals surface area contributed by atoms with Gasteiger partial charge >= 0.3 is 0 Å². The Morgan fingerprint density at radius 3 is 2.43 bits per heavy atom. The van der Waals surface area contributed by atoms with Crippen molar-refractivity contribution >= 4 is 5.91 Å². The maximum Gasteiger partial charge on any atom is 0.237 e. The second kappa shape index (κ2) is 7.88. The van der Waals surface area contributed by atoms with E-state index in [2.05, 4.69) is 10.6 Å². The Kier molecular flexibility index (Phi) is 6.49. The van der Waals surface area contributed by atoms with E-state index in [1.165, 1.54) is 0 Å². The van der Waals surface area contributed by atoms with Gasteiger partial charge in [0.1, 0.15) is 6.61 Å². The zero-order chi connectivity index (χ0) is 15.9. The number of ether oxygens (including phenoxy) is 2. The number of benzene rings is 1. The normalized spacial score (nSPS) is 12.6. The quantitative estimate of drug-likeness (QED) is 0.755. The van der Waals surface area contributed by atoms with Gasteiger partial charge in [-0.05, 0) is 39.8 Å². The zero-order valence-corrected chi connectivity index (χ0v) is 13.5. The molecule has 0 aliphatic carbocycles. The lowest BCUT2D eigenvalue weighted by molar-refractivity contribution is -0.124. The largest absolute Gasteiger partial charge is 0.493 e. The number of rotatable bonds is 7. The van der Waals surface area contributed by atoms with Gasteiger partial charge in [0.05, 0.1) is 13.2 Å². The van der Waals surface area contributed by atoms with Gasteiger partial charge in [-0.1, -0.05) is 12.1 Å². The van der Waals surface area contributed by atoms with E-state index in [4.69, 9.17) is 9.47 Å². The Hall–Kier alpha value is -1.75. The molecule has 0 spiro atoms. The van der Waals surface area contributed by atoms with Crippen molar-refractivity contribution in [3.63, 3.8) is 0 Å². The van der Waals surface area contributed by atoms with Crippen LogP contribution in [-0.2, 0) is 4.79 Å². The minimum absolute atomic E-state index is 0.0141. The molecular formula is C16H26N2O3. The fraction of sp³-hybridized carbons (Fsp3) is 0.562. The van der Waals surface area contributed by atoms with Crippen LogP contribution in [0.2, 0.25) is 0 Å². The molecule has 1 unspecified atom stereocenters. The van der Waals surface area contributed by atoms with Gasteiger partial charge in [-0.25, -0.2) is 0 Å². The van der Waals surface area contributed by atoms with Gasteiger partial charge in [-0.2, -0.15) is 0 Å². The van der Waals surface area contributed by atoms with Crippen molar-refractivity contribution < 1.29 is 14.3 Å². The molecule has 2 N–H and O–H groups in total. The van der Waals surface area contributed by atoms with Crippen LogP contribution in [0.4, 0.5) is 0 Å². The highest BCUT2D eigenvalue weighted by Gasteiger charge is 2.18. The number of hydrogen-bond donors (Lipinski definition) is 2. The van der Waals surface area contributed by atoms with E-state index < -0.39 is 0 Å². The van der Waals surface area contributed by atoms with Crippen molar-refractivity contribution in [2.45, 2.75) is 39.3 Å². The van der Waals surface area contributed by atoms with E-state index in [0.29, 0.717) is 24.7 Å². The van der Waals surface area contributed by atoms with Gasteiger partial charge in [-0.15, -0.1) is 0 Å². The molecule has 0 radical (unpaired) electrons. The number of amides is 1. The maximum absolute atomic E-state index is 11.9. The summed E-state index contributed by atoms with van der Waals surface area (Å²) in [6, 6.07) is 7.23. The molecule has 5 heteroatoms. The topological polar surface area (TPSA) is 59.6 Å². The fourth-order valence-corrected chi connectivity index (χ4v) is 1.75.